The van der Waals surface area contributed by atoms with Gasteiger partial charge in [-0.25, -0.2) is 9.37 Å². The number of amides is 1. The number of halogens is 1. The lowest BCUT2D eigenvalue weighted by Crippen LogP contribution is -2.29. The van der Waals surface area contributed by atoms with Crippen LogP contribution in [-0.4, -0.2) is 57.7 Å². The Kier molecular flexibility index (Phi) is 8.40. The van der Waals surface area contributed by atoms with E-state index in [9.17, 15) is 19.1 Å². The van der Waals surface area contributed by atoms with Crippen molar-refractivity contribution in [3.05, 3.63) is 94.2 Å². The Bertz CT molecular complexity index is 2020. The van der Waals surface area contributed by atoms with Gasteiger partial charge in [-0.2, -0.15) is 0 Å². The van der Waals surface area contributed by atoms with Crippen LogP contribution in [0.3, 0.4) is 0 Å². The molecule has 1 saturated heterocycles. The number of aromatic nitrogens is 4. The Morgan fingerprint density at radius 3 is 2.39 bits per heavy atom. The van der Waals surface area contributed by atoms with Crippen molar-refractivity contribution in [1.29, 1.82) is 0 Å². The molecule has 11 nitrogen and oxygen atoms in total. The maximum absolute atomic E-state index is 14.2. The molecule has 1 N–H and O–H groups in total. The summed E-state index contributed by atoms with van der Waals surface area (Å²) < 4.78 is 33.1. The maximum Gasteiger partial charge on any atom is 0.301 e. The van der Waals surface area contributed by atoms with Crippen molar-refractivity contribution < 1.29 is 33.3 Å². The highest BCUT2D eigenvalue weighted by Gasteiger charge is 2.49. The number of Topliss-reactive ketones (excluding diaryl/α,β-unsaturated/α-hetero) is 1. The molecule has 0 radical (unpaired) electrons. The van der Waals surface area contributed by atoms with Crippen LogP contribution in [0.4, 0.5) is 9.52 Å². The molecule has 0 bridgehead atoms. The third-order valence-corrected chi connectivity index (χ3v) is 9.77. The van der Waals surface area contributed by atoms with Gasteiger partial charge in [-0.15, -0.1) is 10.2 Å². The minimum Gasteiger partial charge on any atom is -0.505 e. The van der Waals surface area contributed by atoms with Crippen molar-refractivity contribution in [2.24, 2.45) is 0 Å². The summed E-state index contributed by atoms with van der Waals surface area (Å²) in [5.41, 5.74) is 2.86. The molecule has 1 fully saturated rings. The Labute approximate surface area is 271 Å². The summed E-state index contributed by atoms with van der Waals surface area (Å²) in [4.78, 5) is 33.5. The van der Waals surface area contributed by atoms with Gasteiger partial charge in [-0.05, 0) is 54.8 Å². The molecule has 0 aliphatic carbocycles. The van der Waals surface area contributed by atoms with Crippen molar-refractivity contribution in [2.45, 2.75) is 30.0 Å². The summed E-state index contributed by atoms with van der Waals surface area (Å²) in [7, 11) is 4.36. The number of thioether (sulfide) groups is 1. The van der Waals surface area contributed by atoms with E-state index in [1.165, 1.54) is 44.1 Å². The maximum atomic E-state index is 14.2. The fourth-order valence-corrected chi connectivity index (χ4v) is 7.25. The Morgan fingerprint density at radius 2 is 1.74 bits per heavy atom. The number of ether oxygens (including phenoxy) is 3. The van der Waals surface area contributed by atoms with Crippen LogP contribution in [0.2, 0.25) is 0 Å². The molecule has 1 amide bonds. The number of fused-ring (bicyclic) bond motifs is 1. The van der Waals surface area contributed by atoms with Crippen LogP contribution in [0.15, 0.2) is 64.6 Å². The molecule has 236 valence electrons. The number of hydrogen-bond donors (Lipinski definition) is 1. The minimum atomic E-state index is -1.17. The highest BCUT2D eigenvalue weighted by atomic mass is 32.2. The van der Waals surface area contributed by atoms with E-state index in [1.54, 1.807) is 47.9 Å². The number of pyridine rings is 1. The van der Waals surface area contributed by atoms with E-state index in [4.69, 9.17) is 14.2 Å². The van der Waals surface area contributed by atoms with Gasteiger partial charge in [0.05, 0.1) is 38.6 Å². The average Bonchev–Trinajstić information content (AvgIpc) is 3.74. The van der Waals surface area contributed by atoms with Gasteiger partial charge in [0, 0.05) is 11.9 Å². The topological polar surface area (TPSA) is 128 Å². The van der Waals surface area contributed by atoms with Gasteiger partial charge in [-0.1, -0.05) is 47.4 Å². The van der Waals surface area contributed by atoms with E-state index >= 15 is 0 Å². The fourth-order valence-electron chi connectivity index (χ4n) is 5.39. The van der Waals surface area contributed by atoms with Crippen LogP contribution >= 0.6 is 23.1 Å². The highest BCUT2D eigenvalue weighted by Crippen LogP contribution is 2.48. The lowest BCUT2D eigenvalue weighted by Gasteiger charge is -2.24. The first-order valence-corrected chi connectivity index (χ1v) is 15.7. The SMILES string of the molecule is COc1cc(C2/C(=C(\O)c3nc4c(C)cccn4c3C)C(=O)C(=O)N2c2nnc(SCc3ccccc3F)s2)cc(OC)c1OC. The van der Waals surface area contributed by atoms with Gasteiger partial charge < -0.3 is 23.7 Å². The minimum absolute atomic E-state index is 0.110. The molecule has 5 aromatic rings. The number of aliphatic hydroxyl groups is 1. The van der Waals surface area contributed by atoms with Gasteiger partial charge >= 0.3 is 5.91 Å². The Balaban J connectivity index is 1.51. The lowest BCUT2D eigenvalue weighted by molar-refractivity contribution is -0.132. The van der Waals surface area contributed by atoms with E-state index < -0.39 is 23.5 Å². The van der Waals surface area contributed by atoms with Crippen LogP contribution in [-0.2, 0) is 15.3 Å². The quantitative estimate of drug-likeness (QED) is 0.0672. The lowest BCUT2D eigenvalue weighted by atomic mass is 9.95. The molecule has 0 saturated carbocycles. The van der Waals surface area contributed by atoms with Gasteiger partial charge in [0.2, 0.25) is 10.9 Å². The van der Waals surface area contributed by atoms with Gasteiger partial charge in [0.25, 0.3) is 5.78 Å². The zero-order valence-electron chi connectivity index (χ0n) is 25.4. The normalized spacial score (nSPS) is 16.0. The second-order valence-corrected chi connectivity index (χ2v) is 12.5. The van der Waals surface area contributed by atoms with Gasteiger partial charge in [-0.3, -0.25) is 14.5 Å². The summed E-state index contributed by atoms with van der Waals surface area (Å²) in [6.45, 7) is 3.65. The van der Waals surface area contributed by atoms with Crippen molar-refractivity contribution >= 4 is 51.3 Å². The number of aryl methyl sites for hydroxylation is 2. The number of imidazole rings is 1. The smallest absolute Gasteiger partial charge is 0.301 e. The molecule has 6 rings (SSSR count). The van der Waals surface area contributed by atoms with Crippen LogP contribution < -0.4 is 19.1 Å². The number of benzene rings is 2. The molecule has 1 aliphatic heterocycles. The number of methoxy groups -OCH3 is 3. The highest BCUT2D eigenvalue weighted by molar-refractivity contribution is 8.00. The molecule has 1 atom stereocenters. The van der Waals surface area contributed by atoms with Crippen molar-refractivity contribution in [2.75, 3.05) is 26.2 Å². The first-order chi connectivity index (χ1) is 22.2. The van der Waals surface area contributed by atoms with Crippen molar-refractivity contribution in [3.63, 3.8) is 0 Å². The first kappa shape index (κ1) is 31.0. The van der Waals surface area contributed by atoms with E-state index in [1.807, 2.05) is 19.1 Å². The number of anilines is 1. The summed E-state index contributed by atoms with van der Waals surface area (Å²) in [5.74, 6) is -1.49. The molecule has 4 heterocycles. The molecule has 1 unspecified atom stereocenters. The third-order valence-electron chi connectivity index (χ3n) is 7.67. The van der Waals surface area contributed by atoms with Gasteiger partial charge in [0.1, 0.15) is 17.2 Å². The number of ketones is 1. The summed E-state index contributed by atoms with van der Waals surface area (Å²) in [6, 6.07) is 12.2. The molecule has 0 spiro atoms. The Hall–Kier alpha value is -4.95. The second-order valence-electron chi connectivity index (χ2n) is 10.3. The second kappa shape index (κ2) is 12.4. The molecule has 46 heavy (non-hydrogen) atoms. The summed E-state index contributed by atoms with van der Waals surface area (Å²) >= 11 is 2.31. The molecular weight excluding hydrogens is 634 g/mol. The monoisotopic (exact) mass is 661 g/mol. The summed E-state index contributed by atoms with van der Waals surface area (Å²) in [5, 5.41) is 20.4. The average molecular weight is 662 g/mol. The van der Waals surface area contributed by atoms with Crippen LogP contribution in [0.5, 0.6) is 17.2 Å². The van der Waals surface area contributed by atoms with Crippen LogP contribution in [0.25, 0.3) is 11.4 Å². The third kappa shape index (κ3) is 5.22. The van der Waals surface area contributed by atoms with E-state index in [0.29, 0.717) is 32.6 Å². The number of carbonyl (C=O) groups is 2. The zero-order chi connectivity index (χ0) is 32.7. The van der Waals surface area contributed by atoms with E-state index in [2.05, 4.69) is 15.2 Å². The molecule has 2 aromatic carbocycles. The number of hydrogen-bond acceptors (Lipinski definition) is 11. The van der Waals surface area contributed by atoms with E-state index in [0.717, 1.165) is 16.9 Å². The van der Waals surface area contributed by atoms with Crippen LogP contribution in [0.1, 0.15) is 34.1 Å². The van der Waals surface area contributed by atoms with E-state index in [-0.39, 0.29) is 39.5 Å². The number of nitrogens with zero attached hydrogens (tertiary/aromatic N) is 5. The Morgan fingerprint density at radius 1 is 1.02 bits per heavy atom. The summed E-state index contributed by atoms with van der Waals surface area (Å²) in [6.07, 6.45) is 1.80. The first-order valence-electron chi connectivity index (χ1n) is 13.9. The predicted molar refractivity (Wildman–Crippen MR) is 171 cm³/mol. The predicted octanol–water partition coefficient (Wildman–Crippen LogP) is 5.89. The molecule has 14 heteroatoms. The van der Waals surface area contributed by atoms with Crippen molar-refractivity contribution in [3.8, 4) is 17.2 Å². The zero-order valence-corrected chi connectivity index (χ0v) is 27.0. The number of aliphatic hydroxyl groups excluding tert-OH is 1. The number of rotatable bonds is 9. The molecule has 1 aliphatic rings. The molecule has 3 aromatic heterocycles. The standard InChI is InChI=1S/C32H28FN5O6S2/c1-16-9-8-12-37-17(2)24(34-29(16)37)26(39)23-25(19-13-21(42-3)28(44-5)22(14-19)43-4)38(30(41)27(23)40)31-35-36-32(46-31)45-15-18-10-6-7-11-20(18)33/h6-14,25,39H,15H2,1-5H3/b26-23+. The largest absolute Gasteiger partial charge is 0.505 e. The van der Waals surface area contributed by atoms with Crippen LogP contribution in [0, 0.1) is 19.7 Å². The molecular formula is C32H28FN5O6S2. The van der Waals surface area contributed by atoms with Crippen molar-refractivity contribution in [1.82, 2.24) is 19.6 Å². The number of carbonyl (C=O) groups excluding carboxylic acids is 2. The van der Waals surface area contributed by atoms with Gasteiger partial charge in [0.15, 0.2) is 21.6 Å². The fraction of sp³-hybridized carbons (Fsp3) is 0.219.